The quantitative estimate of drug-likeness (QED) is 0.389. The molecule has 5 rings (SSSR count). The molecule has 11 heteroatoms. The van der Waals surface area contributed by atoms with Crippen LogP contribution in [0.25, 0.3) is 16.6 Å². The van der Waals surface area contributed by atoms with E-state index < -0.39 is 40.0 Å². The molecule has 1 aromatic carbocycles. The van der Waals surface area contributed by atoms with Crippen LogP contribution in [0.1, 0.15) is 72.6 Å². The molecular weight excluding hydrogens is 541 g/mol. The van der Waals surface area contributed by atoms with Gasteiger partial charge < -0.3 is 14.0 Å². The first-order chi connectivity index (χ1) is 19.0. The molecule has 0 spiro atoms. The summed E-state index contributed by atoms with van der Waals surface area (Å²) < 4.78 is 48.1. The Labute approximate surface area is 242 Å². The summed E-state index contributed by atoms with van der Waals surface area (Å²) in [5.74, 6) is 0. The van der Waals surface area contributed by atoms with E-state index in [1.807, 2.05) is 61.5 Å². The van der Waals surface area contributed by atoms with Gasteiger partial charge >= 0.3 is 13.2 Å². The molecule has 3 aromatic rings. The van der Waals surface area contributed by atoms with Crippen molar-refractivity contribution < 1.29 is 27.3 Å². The minimum absolute atomic E-state index is 0.144. The molecule has 0 radical (unpaired) electrons. The molecular formula is C30H38BN3O6S. The van der Waals surface area contributed by atoms with Gasteiger partial charge in [-0.2, -0.15) is 0 Å². The fourth-order valence-corrected chi connectivity index (χ4v) is 6.46. The first-order valence-electron chi connectivity index (χ1n) is 13.9. The number of hydrogen-bond donors (Lipinski definition) is 0. The normalized spacial score (nSPS) is 19.0. The zero-order valence-corrected chi connectivity index (χ0v) is 25.8. The predicted octanol–water partition coefficient (Wildman–Crippen LogP) is 5.25. The average molecular weight is 580 g/mol. The van der Waals surface area contributed by atoms with Gasteiger partial charge in [0.1, 0.15) is 5.60 Å². The highest BCUT2D eigenvalue weighted by Gasteiger charge is 2.52. The number of aromatic nitrogens is 2. The number of nitrogens with zero attached hydrogens (tertiary/aromatic N) is 3. The van der Waals surface area contributed by atoms with Crippen molar-refractivity contribution in [3.8, 4) is 0 Å². The Morgan fingerprint density at radius 1 is 1.05 bits per heavy atom. The number of hydrogen-bond acceptors (Lipinski definition) is 7. The zero-order chi connectivity index (χ0) is 30.0. The molecule has 0 N–H and O–H groups in total. The van der Waals surface area contributed by atoms with E-state index in [1.54, 1.807) is 42.7 Å². The van der Waals surface area contributed by atoms with E-state index >= 15 is 0 Å². The van der Waals surface area contributed by atoms with Crippen molar-refractivity contribution in [2.75, 3.05) is 6.54 Å². The second kappa shape index (κ2) is 9.99. The van der Waals surface area contributed by atoms with E-state index in [4.69, 9.17) is 14.0 Å². The lowest BCUT2D eigenvalue weighted by molar-refractivity contribution is 0.00578. The summed E-state index contributed by atoms with van der Waals surface area (Å²) >= 11 is 0. The van der Waals surface area contributed by atoms with Crippen LogP contribution < -0.4 is 5.46 Å². The van der Waals surface area contributed by atoms with Gasteiger partial charge in [-0.1, -0.05) is 17.7 Å². The molecule has 4 heterocycles. The topological polar surface area (TPSA) is 100.0 Å². The molecule has 0 aliphatic carbocycles. The Hall–Kier alpha value is -3.15. The Balaban J connectivity index is 1.71. The second-order valence-corrected chi connectivity index (χ2v) is 14.6. The first kappa shape index (κ1) is 29.4. The van der Waals surface area contributed by atoms with E-state index in [9.17, 15) is 13.2 Å². The minimum atomic E-state index is -4.07. The first-order valence-corrected chi connectivity index (χ1v) is 15.3. The van der Waals surface area contributed by atoms with Crippen LogP contribution in [0.4, 0.5) is 4.79 Å². The third-order valence-corrected chi connectivity index (χ3v) is 9.59. The van der Waals surface area contributed by atoms with Crippen LogP contribution in [0.15, 0.2) is 53.7 Å². The third-order valence-electron chi connectivity index (χ3n) is 7.88. The van der Waals surface area contributed by atoms with Crippen molar-refractivity contribution in [3.05, 3.63) is 60.1 Å². The van der Waals surface area contributed by atoms with Crippen LogP contribution in [-0.4, -0.2) is 58.8 Å². The van der Waals surface area contributed by atoms with Crippen molar-refractivity contribution in [2.24, 2.45) is 0 Å². The van der Waals surface area contributed by atoms with Gasteiger partial charge in [0, 0.05) is 24.3 Å². The summed E-state index contributed by atoms with van der Waals surface area (Å²) in [7, 11) is -4.79. The van der Waals surface area contributed by atoms with Crippen LogP contribution in [0.5, 0.6) is 0 Å². The van der Waals surface area contributed by atoms with E-state index in [1.165, 1.54) is 8.87 Å². The van der Waals surface area contributed by atoms with E-state index in [2.05, 4.69) is 4.98 Å². The van der Waals surface area contributed by atoms with Gasteiger partial charge in [0.15, 0.2) is 5.65 Å². The number of allylic oxidation sites excluding steroid dienone is 1. The van der Waals surface area contributed by atoms with Crippen LogP contribution in [0.2, 0.25) is 0 Å². The van der Waals surface area contributed by atoms with Gasteiger partial charge in [-0.05, 0) is 104 Å². The number of ether oxygens (including phenoxy) is 1. The van der Waals surface area contributed by atoms with Crippen molar-refractivity contribution in [1.29, 1.82) is 0 Å². The van der Waals surface area contributed by atoms with Crippen LogP contribution in [-0.2, 0) is 24.1 Å². The Bertz CT molecular complexity index is 1620. The molecule has 9 nitrogen and oxygen atoms in total. The molecule has 0 unspecified atom stereocenters. The lowest BCUT2D eigenvalue weighted by Crippen LogP contribution is -2.41. The Morgan fingerprint density at radius 2 is 1.68 bits per heavy atom. The molecule has 1 fully saturated rings. The molecule has 218 valence electrons. The molecule has 0 bridgehead atoms. The number of carbonyl (C=O) groups excluding carboxylic acids is 1. The van der Waals surface area contributed by atoms with Crippen molar-refractivity contribution in [3.63, 3.8) is 0 Å². The molecule has 2 aliphatic rings. The Kier molecular flexibility index (Phi) is 7.15. The summed E-state index contributed by atoms with van der Waals surface area (Å²) in [6, 6.07) is 10.4. The molecule has 1 saturated heterocycles. The lowest BCUT2D eigenvalue weighted by atomic mass is 9.78. The molecule has 0 atom stereocenters. The third kappa shape index (κ3) is 5.42. The maximum Gasteiger partial charge on any atom is 0.495 e. The summed E-state index contributed by atoms with van der Waals surface area (Å²) in [6.45, 7) is 15.7. The molecule has 0 saturated carbocycles. The number of aryl methyl sites for hydroxylation is 1. The number of amides is 1. The van der Waals surface area contributed by atoms with Gasteiger partial charge in [0.05, 0.1) is 21.8 Å². The fourth-order valence-electron chi connectivity index (χ4n) is 4.97. The summed E-state index contributed by atoms with van der Waals surface area (Å²) in [5, 5.41) is 0.604. The SMILES string of the molecule is Cc1ccc(S(=O)(=O)n2c(C3=CN(C(=O)OC(C)(C)C)CCC3)cc3c(B4OC(C)(C)C(C)(C)O4)ccnc32)cc1. The smallest absolute Gasteiger partial charge is 0.443 e. The van der Waals surface area contributed by atoms with Crippen LogP contribution in [0.3, 0.4) is 0 Å². The van der Waals surface area contributed by atoms with Crippen molar-refractivity contribution >= 4 is 45.3 Å². The van der Waals surface area contributed by atoms with Gasteiger partial charge in [-0.15, -0.1) is 0 Å². The van der Waals surface area contributed by atoms with Gasteiger partial charge in [-0.25, -0.2) is 22.2 Å². The number of pyridine rings is 1. The summed E-state index contributed by atoms with van der Waals surface area (Å²) in [6.07, 6.45) is 4.02. The predicted molar refractivity (Wildman–Crippen MR) is 159 cm³/mol. The van der Waals surface area contributed by atoms with Gasteiger partial charge in [-0.3, -0.25) is 4.90 Å². The molecule has 41 heavy (non-hydrogen) atoms. The number of fused-ring (bicyclic) bond motifs is 1. The van der Waals surface area contributed by atoms with Gasteiger partial charge in [0.25, 0.3) is 10.0 Å². The lowest BCUT2D eigenvalue weighted by Gasteiger charge is -2.32. The zero-order valence-electron chi connectivity index (χ0n) is 25.0. The maximum atomic E-state index is 14.3. The summed E-state index contributed by atoms with van der Waals surface area (Å²) in [4.78, 5) is 19.1. The highest BCUT2D eigenvalue weighted by Crippen LogP contribution is 2.38. The van der Waals surface area contributed by atoms with E-state index in [-0.39, 0.29) is 10.5 Å². The summed E-state index contributed by atoms with van der Waals surface area (Å²) in [5.41, 5.74) is 1.22. The van der Waals surface area contributed by atoms with E-state index in [0.717, 1.165) is 5.56 Å². The monoisotopic (exact) mass is 579 g/mol. The number of rotatable bonds is 4. The molecule has 2 aliphatic heterocycles. The number of benzene rings is 1. The van der Waals surface area contributed by atoms with Crippen molar-refractivity contribution in [2.45, 2.75) is 89.9 Å². The largest absolute Gasteiger partial charge is 0.495 e. The number of carbonyl (C=O) groups is 1. The van der Waals surface area contributed by atoms with Crippen molar-refractivity contribution in [1.82, 2.24) is 13.9 Å². The molecule has 1 amide bonds. The average Bonchev–Trinajstić information content (AvgIpc) is 3.37. The highest BCUT2D eigenvalue weighted by atomic mass is 32.2. The van der Waals surface area contributed by atoms with E-state index in [0.29, 0.717) is 41.5 Å². The standard InChI is InChI=1S/C30H38BN3O6S/c1-20-11-13-22(14-12-20)41(36,37)34-25(21-10-9-17-33(19-21)27(35)38-28(2,3)4)18-23-24(15-16-32-26(23)34)31-39-29(5,6)30(7,8)40-31/h11-16,18-19H,9-10,17H2,1-8H3. The Morgan fingerprint density at radius 3 is 2.29 bits per heavy atom. The van der Waals surface area contributed by atoms with Gasteiger partial charge in [0.2, 0.25) is 0 Å². The van der Waals surface area contributed by atoms with Crippen LogP contribution >= 0.6 is 0 Å². The molecule has 2 aromatic heterocycles. The fraction of sp³-hybridized carbons (Fsp3) is 0.467. The van der Waals surface area contributed by atoms with Crippen LogP contribution in [0, 0.1) is 6.92 Å². The minimum Gasteiger partial charge on any atom is -0.443 e. The maximum absolute atomic E-state index is 14.3. The second-order valence-electron chi connectivity index (χ2n) is 12.8. The highest BCUT2D eigenvalue weighted by molar-refractivity contribution is 7.90.